The third-order valence-electron chi connectivity index (χ3n) is 2.59. The van der Waals surface area contributed by atoms with Gasteiger partial charge >= 0.3 is 5.97 Å². The minimum atomic E-state index is -0.430. The molecule has 3 rings (SSSR count). The third-order valence-corrected chi connectivity index (χ3v) is 3.61. The van der Waals surface area contributed by atoms with Crippen LogP contribution in [0.15, 0.2) is 23.7 Å². The smallest absolute Gasteiger partial charge is 0.357 e. The van der Waals surface area contributed by atoms with Gasteiger partial charge in [-0.25, -0.2) is 9.78 Å². The summed E-state index contributed by atoms with van der Waals surface area (Å²) in [5.41, 5.74) is 0.926. The Bertz CT molecular complexity index is 783. The Labute approximate surface area is 123 Å². The summed E-state index contributed by atoms with van der Waals surface area (Å²) in [5.74, 6) is -0.430. The van der Waals surface area contributed by atoms with E-state index in [0.717, 1.165) is 5.39 Å². The molecule has 0 fully saturated rings. The third kappa shape index (κ3) is 2.25. The summed E-state index contributed by atoms with van der Waals surface area (Å²) in [6, 6.07) is 3.58. The number of hydrogen-bond acceptors (Lipinski definition) is 6. The Morgan fingerprint density at radius 3 is 3.15 bits per heavy atom. The van der Waals surface area contributed by atoms with E-state index in [1.807, 2.05) is 12.3 Å². The summed E-state index contributed by atoms with van der Waals surface area (Å²) < 4.78 is 6.67. The molecule has 6 nitrogen and oxygen atoms in total. The van der Waals surface area contributed by atoms with E-state index in [1.165, 1.54) is 11.3 Å². The van der Waals surface area contributed by atoms with Crippen molar-refractivity contribution in [3.05, 3.63) is 34.6 Å². The summed E-state index contributed by atoms with van der Waals surface area (Å²) in [7, 11) is 0. The highest BCUT2D eigenvalue weighted by molar-refractivity contribution is 7.12. The first-order valence-electron chi connectivity index (χ1n) is 5.82. The number of aromatic nitrogens is 4. The number of ether oxygens (including phenoxy) is 1. The number of hydrogen-bond donors (Lipinski definition) is 0. The number of nitrogens with zero attached hydrogens (tertiary/aromatic N) is 4. The molecule has 0 saturated heterocycles. The van der Waals surface area contributed by atoms with Crippen LogP contribution in [0.1, 0.15) is 17.4 Å². The van der Waals surface area contributed by atoms with E-state index in [1.54, 1.807) is 22.9 Å². The first-order chi connectivity index (χ1) is 9.69. The maximum absolute atomic E-state index is 11.6. The minimum Gasteiger partial charge on any atom is -0.461 e. The molecule has 0 aliphatic carbocycles. The van der Waals surface area contributed by atoms with Crippen LogP contribution in [0.5, 0.6) is 0 Å². The molecule has 3 aromatic rings. The Balaban J connectivity index is 2.01. The van der Waals surface area contributed by atoms with Crippen LogP contribution in [0.4, 0.5) is 0 Å². The van der Waals surface area contributed by atoms with Gasteiger partial charge in [0.2, 0.25) is 0 Å². The monoisotopic (exact) mass is 308 g/mol. The predicted octanol–water partition coefficient (Wildman–Crippen LogP) is 2.71. The van der Waals surface area contributed by atoms with Crippen molar-refractivity contribution >= 4 is 39.9 Å². The van der Waals surface area contributed by atoms with Crippen molar-refractivity contribution < 1.29 is 9.53 Å². The maximum atomic E-state index is 11.6. The fourth-order valence-electron chi connectivity index (χ4n) is 1.74. The lowest BCUT2D eigenvalue weighted by Crippen LogP contribution is -2.05. The molecule has 0 aliphatic heterocycles. The van der Waals surface area contributed by atoms with Crippen molar-refractivity contribution in [3.8, 4) is 5.13 Å². The van der Waals surface area contributed by atoms with E-state index in [2.05, 4.69) is 15.2 Å². The lowest BCUT2D eigenvalue weighted by Gasteiger charge is -1.99. The van der Waals surface area contributed by atoms with Crippen molar-refractivity contribution in [2.24, 2.45) is 0 Å². The van der Waals surface area contributed by atoms with Gasteiger partial charge in [-0.2, -0.15) is 0 Å². The lowest BCUT2D eigenvalue weighted by atomic mass is 10.4. The van der Waals surface area contributed by atoms with Gasteiger partial charge in [0.05, 0.1) is 6.61 Å². The van der Waals surface area contributed by atoms with Gasteiger partial charge in [0.15, 0.2) is 21.6 Å². The number of halogens is 1. The van der Waals surface area contributed by atoms with Gasteiger partial charge in [-0.15, -0.1) is 21.5 Å². The van der Waals surface area contributed by atoms with E-state index in [9.17, 15) is 4.79 Å². The number of rotatable bonds is 3. The van der Waals surface area contributed by atoms with Crippen LogP contribution in [0.2, 0.25) is 5.15 Å². The molecule has 0 radical (unpaired) electrons. The van der Waals surface area contributed by atoms with Crippen LogP contribution in [-0.2, 0) is 4.74 Å². The van der Waals surface area contributed by atoms with Crippen LogP contribution in [-0.4, -0.2) is 32.3 Å². The van der Waals surface area contributed by atoms with Crippen molar-refractivity contribution in [3.63, 3.8) is 0 Å². The largest absolute Gasteiger partial charge is 0.461 e. The summed E-state index contributed by atoms with van der Waals surface area (Å²) >= 11 is 7.13. The first-order valence-corrected chi connectivity index (χ1v) is 7.08. The van der Waals surface area contributed by atoms with Crippen LogP contribution >= 0.6 is 22.9 Å². The van der Waals surface area contributed by atoms with Crippen molar-refractivity contribution in [1.82, 2.24) is 19.7 Å². The van der Waals surface area contributed by atoms with Crippen LogP contribution in [0, 0.1) is 0 Å². The molecule has 0 N–H and O–H groups in total. The molecule has 0 saturated carbocycles. The second-order valence-electron chi connectivity index (χ2n) is 3.87. The molecule has 3 heterocycles. The van der Waals surface area contributed by atoms with E-state index in [4.69, 9.17) is 16.3 Å². The second kappa shape index (κ2) is 5.18. The van der Waals surface area contributed by atoms with E-state index in [-0.39, 0.29) is 5.69 Å². The molecule has 102 valence electrons. The molecule has 0 aliphatic rings. The molecule has 8 heteroatoms. The van der Waals surface area contributed by atoms with Crippen LogP contribution in [0.25, 0.3) is 16.2 Å². The van der Waals surface area contributed by atoms with Gasteiger partial charge in [-0.1, -0.05) is 11.6 Å². The standard InChI is InChI=1S/C12H9ClN4O2S/c1-2-19-11(18)8-6-20-12(14-8)17-4-3-7-5-9(13)15-16-10(7)17/h3-6H,2H2,1H3. The maximum Gasteiger partial charge on any atom is 0.357 e. The molecule has 0 atom stereocenters. The van der Waals surface area contributed by atoms with Gasteiger partial charge in [0, 0.05) is 17.0 Å². The minimum absolute atomic E-state index is 0.288. The number of carbonyl (C=O) groups is 1. The summed E-state index contributed by atoms with van der Waals surface area (Å²) in [4.78, 5) is 15.9. The van der Waals surface area contributed by atoms with Crippen LogP contribution < -0.4 is 0 Å². The van der Waals surface area contributed by atoms with E-state index in [0.29, 0.717) is 22.5 Å². The van der Waals surface area contributed by atoms with Crippen molar-refractivity contribution in [2.75, 3.05) is 6.61 Å². The zero-order chi connectivity index (χ0) is 14.1. The van der Waals surface area contributed by atoms with Crippen molar-refractivity contribution in [1.29, 1.82) is 0 Å². The zero-order valence-electron chi connectivity index (χ0n) is 10.4. The summed E-state index contributed by atoms with van der Waals surface area (Å²) in [5, 5.41) is 11.3. The van der Waals surface area contributed by atoms with E-state index >= 15 is 0 Å². The topological polar surface area (TPSA) is 69.9 Å². The SMILES string of the molecule is CCOC(=O)c1csc(-n2ccc3cc(Cl)nnc32)n1. The summed E-state index contributed by atoms with van der Waals surface area (Å²) in [6.07, 6.45) is 1.81. The quantitative estimate of drug-likeness (QED) is 0.696. The van der Waals surface area contributed by atoms with Gasteiger partial charge in [0.25, 0.3) is 0 Å². The Hall–Kier alpha value is -1.99. The number of esters is 1. The van der Waals surface area contributed by atoms with Gasteiger partial charge in [0.1, 0.15) is 0 Å². The second-order valence-corrected chi connectivity index (χ2v) is 5.09. The highest BCUT2D eigenvalue weighted by Crippen LogP contribution is 2.22. The average molecular weight is 309 g/mol. The van der Waals surface area contributed by atoms with E-state index < -0.39 is 5.97 Å². The van der Waals surface area contributed by atoms with Crippen LogP contribution in [0.3, 0.4) is 0 Å². The molecular formula is C12H9ClN4O2S. The molecular weight excluding hydrogens is 300 g/mol. The Morgan fingerprint density at radius 2 is 2.35 bits per heavy atom. The molecule has 0 aromatic carbocycles. The average Bonchev–Trinajstić information content (AvgIpc) is 3.04. The Morgan fingerprint density at radius 1 is 1.50 bits per heavy atom. The molecule has 3 aromatic heterocycles. The van der Waals surface area contributed by atoms with Crippen molar-refractivity contribution in [2.45, 2.75) is 6.92 Å². The number of carbonyl (C=O) groups excluding carboxylic acids is 1. The highest BCUT2D eigenvalue weighted by atomic mass is 35.5. The normalized spacial score (nSPS) is 10.9. The molecule has 0 amide bonds. The fourth-order valence-corrected chi connectivity index (χ4v) is 2.67. The molecule has 20 heavy (non-hydrogen) atoms. The zero-order valence-corrected chi connectivity index (χ0v) is 12.0. The van der Waals surface area contributed by atoms with Gasteiger partial charge < -0.3 is 4.74 Å². The fraction of sp³-hybridized carbons (Fsp3) is 0.167. The number of thiazole rings is 1. The molecule has 0 spiro atoms. The molecule has 0 unspecified atom stereocenters. The Kier molecular flexibility index (Phi) is 3.37. The number of fused-ring (bicyclic) bond motifs is 1. The lowest BCUT2D eigenvalue weighted by molar-refractivity contribution is 0.0520. The predicted molar refractivity (Wildman–Crippen MR) is 75.5 cm³/mol. The van der Waals surface area contributed by atoms with Gasteiger partial charge in [-0.3, -0.25) is 4.57 Å². The summed E-state index contributed by atoms with van der Waals surface area (Å²) in [6.45, 7) is 2.08. The van der Waals surface area contributed by atoms with Gasteiger partial charge in [-0.05, 0) is 19.1 Å². The molecule has 0 bridgehead atoms. The highest BCUT2D eigenvalue weighted by Gasteiger charge is 2.14. The first kappa shape index (κ1) is 13.0.